The molecule has 0 radical (unpaired) electrons. The van der Waals surface area contributed by atoms with Gasteiger partial charge in [-0.3, -0.25) is 9.59 Å². The van der Waals surface area contributed by atoms with E-state index in [1.54, 1.807) is 48.5 Å². The summed E-state index contributed by atoms with van der Waals surface area (Å²) in [5, 5.41) is 0. The van der Waals surface area contributed by atoms with Crippen molar-refractivity contribution in [1.82, 2.24) is 9.80 Å². The van der Waals surface area contributed by atoms with Crippen LogP contribution in [0.1, 0.15) is 49.2 Å². The molecule has 0 spiro atoms. The summed E-state index contributed by atoms with van der Waals surface area (Å²) in [6.07, 6.45) is 4.83. The van der Waals surface area contributed by atoms with E-state index in [2.05, 4.69) is 13.8 Å². The van der Waals surface area contributed by atoms with E-state index in [9.17, 15) is 9.59 Å². The first-order valence-corrected chi connectivity index (χ1v) is 9.77. The van der Waals surface area contributed by atoms with Crippen molar-refractivity contribution in [3.63, 3.8) is 0 Å². The van der Waals surface area contributed by atoms with Gasteiger partial charge in [-0.1, -0.05) is 0 Å². The Morgan fingerprint density at radius 2 is 1.82 bits per heavy atom. The molecule has 1 aromatic heterocycles. The van der Waals surface area contributed by atoms with Crippen LogP contribution >= 0.6 is 0 Å². The standard InChI is InChI=1S/C22H28N2O4/c1-16-6-4-7-17(2)24(16)21(25)15-28-19-11-9-18(10-12-19)22(26)23(3)14-20-8-5-13-27-20/h5,8-13,16-17H,4,6-7,14-15H2,1-3H3. The number of rotatable bonds is 6. The van der Waals surface area contributed by atoms with Crippen LogP contribution in [-0.4, -0.2) is 47.4 Å². The lowest BCUT2D eigenvalue weighted by atomic mass is 9.97. The molecule has 2 atom stereocenters. The molecule has 2 aromatic rings. The lowest BCUT2D eigenvalue weighted by Gasteiger charge is -2.38. The van der Waals surface area contributed by atoms with E-state index in [-0.39, 0.29) is 30.5 Å². The fraction of sp³-hybridized carbons (Fsp3) is 0.455. The van der Waals surface area contributed by atoms with Gasteiger partial charge in [0.15, 0.2) is 6.61 Å². The molecule has 1 aliphatic rings. The third-order valence-electron chi connectivity index (χ3n) is 5.26. The SMILES string of the molecule is CC1CCCC(C)N1C(=O)COc1ccc(C(=O)N(C)Cc2ccco2)cc1. The Morgan fingerprint density at radius 1 is 1.14 bits per heavy atom. The largest absolute Gasteiger partial charge is 0.484 e. The topological polar surface area (TPSA) is 63.0 Å². The Morgan fingerprint density at radius 3 is 2.43 bits per heavy atom. The zero-order chi connectivity index (χ0) is 20.1. The average molecular weight is 384 g/mol. The second kappa shape index (κ2) is 8.95. The molecule has 6 heteroatoms. The summed E-state index contributed by atoms with van der Waals surface area (Å²) in [4.78, 5) is 28.6. The van der Waals surface area contributed by atoms with Gasteiger partial charge in [0.25, 0.3) is 11.8 Å². The first-order valence-electron chi connectivity index (χ1n) is 9.77. The van der Waals surface area contributed by atoms with Gasteiger partial charge in [0.05, 0.1) is 12.8 Å². The van der Waals surface area contributed by atoms with Gasteiger partial charge < -0.3 is 19.0 Å². The zero-order valence-corrected chi connectivity index (χ0v) is 16.8. The Labute approximate surface area is 166 Å². The van der Waals surface area contributed by atoms with E-state index in [1.807, 2.05) is 11.0 Å². The van der Waals surface area contributed by atoms with Gasteiger partial charge in [-0.2, -0.15) is 0 Å². The quantitative estimate of drug-likeness (QED) is 0.761. The third-order valence-corrected chi connectivity index (χ3v) is 5.26. The van der Waals surface area contributed by atoms with Crippen LogP contribution in [0.25, 0.3) is 0 Å². The average Bonchev–Trinajstić information content (AvgIpc) is 3.19. The molecule has 0 bridgehead atoms. The van der Waals surface area contributed by atoms with Gasteiger partial charge in [-0.25, -0.2) is 0 Å². The highest BCUT2D eigenvalue weighted by atomic mass is 16.5. The summed E-state index contributed by atoms with van der Waals surface area (Å²) in [6, 6.07) is 11.0. The van der Waals surface area contributed by atoms with E-state index in [0.29, 0.717) is 17.9 Å². The predicted octanol–water partition coefficient (Wildman–Crippen LogP) is 3.72. The number of likely N-dealkylation sites (tertiary alicyclic amines) is 1. The monoisotopic (exact) mass is 384 g/mol. The minimum absolute atomic E-state index is 0.0121. The van der Waals surface area contributed by atoms with Crippen molar-refractivity contribution in [2.24, 2.45) is 0 Å². The Kier molecular flexibility index (Phi) is 6.39. The van der Waals surface area contributed by atoms with E-state index in [0.717, 1.165) is 25.0 Å². The van der Waals surface area contributed by atoms with Crippen LogP contribution in [0.5, 0.6) is 5.75 Å². The smallest absolute Gasteiger partial charge is 0.260 e. The molecule has 28 heavy (non-hydrogen) atoms. The van der Waals surface area contributed by atoms with Gasteiger partial charge in [0, 0.05) is 24.7 Å². The van der Waals surface area contributed by atoms with Crippen LogP contribution in [0.3, 0.4) is 0 Å². The third kappa shape index (κ3) is 4.74. The number of carbonyl (C=O) groups is 2. The Balaban J connectivity index is 1.54. The molecule has 1 aliphatic heterocycles. The van der Waals surface area contributed by atoms with Gasteiger partial charge in [0.2, 0.25) is 0 Å². The first-order chi connectivity index (χ1) is 13.5. The minimum atomic E-state index is -0.102. The van der Waals surface area contributed by atoms with Crippen molar-refractivity contribution in [2.45, 2.75) is 51.7 Å². The minimum Gasteiger partial charge on any atom is -0.484 e. The van der Waals surface area contributed by atoms with Crippen LogP contribution in [0.2, 0.25) is 0 Å². The molecule has 2 unspecified atom stereocenters. The van der Waals surface area contributed by atoms with Crippen molar-refractivity contribution in [2.75, 3.05) is 13.7 Å². The van der Waals surface area contributed by atoms with Gasteiger partial charge in [0.1, 0.15) is 11.5 Å². The van der Waals surface area contributed by atoms with E-state index in [4.69, 9.17) is 9.15 Å². The molecule has 3 rings (SSSR count). The molecule has 1 fully saturated rings. The molecular weight excluding hydrogens is 356 g/mol. The molecule has 1 aromatic carbocycles. The summed E-state index contributed by atoms with van der Waals surface area (Å²) in [5.41, 5.74) is 0.561. The van der Waals surface area contributed by atoms with E-state index >= 15 is 0 Å². The van der Waals surface area contributed by atoms with Crippen LogP contribution in [0.15, 0.2) is 47.1 Å². The molecule has 0 saturated carbocycles. The molecule has 6 nitrogen and oxygen atoms in total. The molecule has 2 heterocycles. The molecule has 150 valence electrons. The molecule has 0 aliphatic carbocycles. The highest BCUT2D eigenvalue weighted by Crippen LogP contribution is 2.23. The summed E-state index contributed by atoms with van der Waals surface area (Å²) < 4.78 is 10.9. The maximum atomic E-state index is 12.5. The maximum absolute atomic E-state index is 12.5. The highest BCUT2D eigenvalue weighted by Gasteiger charge is 2.29. The van der Waals surface area contributed by atoms with Crippen molar-refractivity contribution in [1.29, 1.82) is 0 Å². The second-order valence-corrected chi connectivity index (χ2v) is 7.48. The highest BCUT2D eigenvalue weighted by molar-refractivity contribution is 5.94. The number of furan rings is 1. The first kappa shape index (κ1) is 20.0. The number of ether oxygens (including phenoxy) is 1. The summed E-state index contributed by atoms with van der Waals surface area (Å²) >= 11 is 0. The second-order valence-electron chi connectivity index (χ2n) is 7.48. The summed E-state index contributed by atoms with van der Waals surface area (Å²) in [7, 11) is 1.73. The Hall–Kier alpha value is -2.76. The van der Waals surface area contributed by atoms with Crippen molar-refractivity contribution in [3.05, 3.63) is 54.0 Å². The Bertz CT molecular complexity index is 775. The lowest BCUT2D eigenvalue weighted by Crippen LogP contribution is -2.49. The maximum Gasteiger partial charge on any atom is 0.260 e. The molecule has 0 N–H and O–H groups in total. The van der Waals surface area contributed by atoms with Crippen LogP contribution in [0.4, 0.5) is 0 Å². The van der Waals surface area contributed by atoms with E-state index in [1.165, 1.54) is 0 Å². The number of hydrogen-bond acceptors (Lipinski definition) is 4. The van der Waals surface area contributed by atoms with Gasteiger partial charge >= 0.3 is 0 Å². The molecule has 2 amide bonds. The molecule has 1 saturated heterocycles. The van der Waals surface area contributed by atoms with E-state index < -0.39 is 0 Å². The van der Waals surface area contributed by atoms with Crippen molar-refractivity contribution < 1.29 is 18.7 Å². The number of hydrogen-bond donors (Lipinski definition) is 0. The number of amides is 2. The van der Waals surface area contributed by atoms with Crippen molar-refractivity contribution >= 4 is 11.8 Å². The zero-order valence-electron chi connectivity index (χ0n) is 16.8. The summed E-state index contributed by atoms with van der Waals surface area (Å²) in [6.45, 7) is 4.60. The number of carbonyl (C=O) groups excluding carboxylic acids is 2. The fourth-order valence-corrected chi connectivity index (χ4v) is 3.75. The number of nitrogens with zero attached hydrogens (tertiary/aromatic N) is 2. The summed E-state index contributed by atoms with van der Waals surface area (Å²) in [5.74, 6) is 1.22. The van der Waals surface area contributed by atoms with Crippen molar-refractivity contribution in [3.8, 4) is 5.75 Å². The van der Waals surface area contributed by atoms with Crippen LogP contribution < -0.4 is 4.74 Å². The van der Waals surface area contributed by atoms with Crippen LogP contribution in [0, 0.1) is 0 Å². The van der Waals surface area contributed by atoms with Crippen LogP contribution in [-0.2, 0) is 11.3 Å². The van der Waals surface area contributed by atoms with Gasteiger partial charge in [-0.05, 0) is 69.5 Å². The predicted molar refractivity (Wildman–Crippen MR) is 106 cm³/mol. The fourth-order valence-electron chi connectivity index (χ4n) is 3.75. The molecular formula is C22H28N2O4. The normalized spacial score (nSPS) is 19.3. The lowest BCUT2D eigenvalue weighted by molar-refractivity contribution is -0.139. The van der Waals surface area contributed by atoms with Gasteiger partial charge in [-0.15, -0.1) is 0 Å². The number of benzene rings is 1. The number of piperidine rings is 1.